The Morgan fingerprint density at radius 3 is 1.98 bits per heavy atom. The van der Waals surface area contributed by atoms with E-state index in [9.17, 15) is 9.59 Å². The molecule has 0 spiro atoms. The van der Waals surface area contributed by atoms with Crippen molar-refractivity contribution in [1.29, 1.82) is 0 Å². The minimum Gasteiger partial charge on any atom is -0.497 e. The van der Waals surface area contributed by atoms with Crippen molar-refractivity contribution in [3.05, 3.63) is 131 Å². The fraction of sp³-hybridized carbons (Fsp3) is 0.316. The lowest BCUT2D eigenvalue weighted by Crippen LogP contribution is -2.40. The Hall–Kier alpha value is -4.82. The van der Waals surface area contributed by atoms with E-state index >= 15 is 0 Å². The first-order chi connectivity index (χ1) is 22.5. The van der Waals surface area contributed by atoms with Crippen molar-refractivity contribution in [3.63, 3.8) is 0 Å². The molecule has 0 aromatic heterocycles. The van der Waals surface area contributed by atoms with E-state index in [0.717, 1.165) is 49.4 Å². The highest BCUT2D eigenvalue weighted by atomic mass is 16.5. The quantitative estimate of drug-likeness (QED) is 0.202. The average Bonchev–Trinajstić information content (AvgIpc) is 3.11. The Labute approximate surface area is 272 Å². The Balaban J connectivity index is 0.000000270. The maximum Gasteiger partial charge on any atom is 0.406 e. The maximum absolute atomic E-state index is 12.6. The van der Waals surface area contributed by atoms with Gasteiger partial charge in [0.25, 0.3) is 0 Å². The summed E-state index contributed by atoms with van der Waals surface area (Å²) in [4.78, 5) is 25.6. The van der Waals surface area contributed by atoms with Gasteiger partial charge in [-0.1, -0.05) is 78.9 Å². The lowest BCUT2D eigenvalue weighted by Gasteiger charge is -2.28. The summed E-state index contributed by atoms with van der Waals surface area (Å²) in [5, 5.41) is 5.76. The third-order valence-corrected chi connectivity index (χ3v) is 8.06. The third-order valence-electron chi connectivity index (χ3n) is 8.06. The van der Waals surface area contributed by atoms with Gasteiger partial charge in [0, 0.05) is 32.1 Å². The van der Waals surface area contributed by atoms with E-state index in [1.807, 2.05) is 42.5 Å². The highest BCUT2D eigenvalue weighted by Gasteiger charge is 2.20. The topological polar surface area (TPSA) is 89.1 Å². The molecule has 0 aliphatic carbocycles. The second kappa shape index (κ2) is 18.2. The zero-order valence-corrected chi connectivity index (χ0v) is 27.0. The standard InChI is InChI=1S/C27H30N2O2.C11H15NO3/c1-31-25-13-12-21-15-17-29(19-24(21)18-25)20-27(30)28-16-14-26(22-8-4-2-5-9-22)23-10-6-3-7-11-23;1-14-10-5-3-9(4-6-10)7-8-12-11(13)15-2/h2-13,18,26H,14-17,19-20H2,1H3,(H,28,30);3-6H,7-8H2,1-2H3,(H,12,13). The number of nitrogens with one attached hydrogen (secondary N) is 2. The van der Waals surface area contributed by atoms with Crippen molar-refractivity contribution in [2.75, 3.05) is 47.5 Å². The number of hydrogen-bond donors (Lipinski definition) is 2. The number of amides is 2. The maximum atomic E-state index is 12.6. The molecule has 0 fully saturated rings. The van der Waals surface area contributed by atoms with Gasteiger partial charge in [0.1, 0.15) is 11.5 Å². The van der Waals surface area contributed by atoms with E-state index in [1.165, 1.54) is 29.4 Å². The highest BCUT2D eigenvalue weighted by Crippen LogP contribution is 2.27. The molecule has 0 unspecified atom stereocenters. The third kappa shape index (κ3) is 10.7. The number of ether oxygens (including phenoxy) is 3. The van der Waals surface area contributed by atoms with Crippen LogP contribution in [-0.4, -0.2) is 64.4 Å². The van der Waals surface area contributed by atoms with Crippen molar-refractivity contribution in [2.45, 2.75) is 31.7 Å². The lowest BCUT2D eigenvalue weighted by molar-refractivity contribution is -0.122. The van der Waals surface area contributed by atoms with Crippen LogP contribution in [0.5, 0.6) is 11.5 Å². The molecule has 2 N–H and O–H groups in total. The number of carbonyl (C=O) groups is 2. The zero-order chi connectivity index (χ0) is 32.6. The van der Waals surface area contributed by atoms with Crippen LogP contribution < -0.4 is 20.1 Å². The predicted molar refractivity (Wildman–Crippen MR) is 181 cm³/mol. The second-order valence-corrected chi connectivity index (χ2v) is 11.1. The number of nitrogens with zero attached hydrogens (tertiary/aromatic N) is 1. The van der Waals surface area contributed by atoms with Gasteiger partial charge in [0.2, 0.25) is 5.91 Å². The van der Waals surface area contributed by atoms with Crippen LogP contribution in [0.3, 0.4) is 0 Å². The van der Waals surface area contributed by atoms with Gasteiger partial charge >= 0.3 is 6.09 Å². The van der Waals surface area contributed by atoms with Gasteiger partial charge in [-0.2, -0.15) is 0 Å². The molecule has 4 aromatic carbocycles. The number of benzene rings is 4. The van der Waals surface area contributed by atoms with Gasteiger partial charge in [-0.3, -0.25) is 9.69 Å². The summed E-state index contributed by atoms with van der Waals surface area (Å²) in [7, 11) is 4.67. The van der Waals surface area contributed by atoms with Crippen molar-refractivity contribution < 1.29 is 23.8 Å². The molecule has 0 bridgehead atoms. The fourth-order valence-electron chi connectivity index (χ4n) is 5.54. The monoisotopic (exact) mass is 623 g/mol. The van der Waals surface area contributed by atoms with Crippen LogP contribution in [0.25, 0.3) is 0 Å². The molecule has 0 radical (unpaired) electrons. The minimum absolute atomic E-state index is 0.0891. The van der Waals surface area contributed by atoms with Crippen molar-refractivity contribution in [1.82, 2.24) is 15.5 Å². The van der Waals surface area contributed by atoms with Crippen LogP contribution >= 0.6 is 0 Å². The van der Waals surface area contributed by atoms with Crippen molar-refractivity contribution >= 4 is 12.0 Å². The largest absolute Gasteiger partial charge is 0.497 e. The van der Waals surface area contributed by atoms with Crippen LogP contribution in [0.2, 0.25) is 0 Å². The molecule has 0 saturated heterocycles. The smallest absolute Gasteiger partial charge is 0.406 e. The molecule has 46 heavy (non-hydrogen) atoms. The highest BCUT2D eigenvalue weighted by molar-refractivity contribution is 5.78. The summed E-state index contributed by atoms with van der Waals surface area (Å²) in [5.74, 6) is 2.07. The summed E-state index contributed by atoms with van der Waals surface area (Å²) in [6.45, 7) is 3.35. The van der Waals surface area contributed by atoms with Gasteiger partial charge < -0.3 is 24.8 Å². The fourth-order valence-corrected chi connectivity index (χ4v) is 5.54. The first kappa shape index (κ1) is 34.1. The summed E-state index contributed by atoms with van der Waals surface area (Å²) >= 11 is 0. The molecule has 0 atom stereocenters. The van der Waals surface area contributed by atoms with Crippen LogP contribution in [-0.2, 0) is 28.9 Å². The molecule has 242 valence electrons. The molecule has 0 saturated carbocycles. The minimum atomic E-state index is -0.400. The number of methoxy groups -OCH3 is 3. The van der Waals surface area contributed by atoms with E-state index in [1.54, 1.807) is 14.2 Å². The van der Waals surface area contributed by atoms with Crippen LogP contribution in [0, 0.1) is 0 Å². The van der Waals surface area contributed by atoms with E-state index in [-0.39, 0.29) is 11.8 Å². The molecule has 4 aromatic rings. The molecule has 1 aliphatic rings. The molecule has 8 heteroatoms. The van der Waals surface area contributed by atoms with Crippen LogP contribution in [0.15, 0.2) is 103 Å². The Morgan fingerprint density at radius 2 is 1.37 bits per heavy atom. The first-order valence-corrected chi connectivity index (χ1v) is 15.7. The van der Waals surface area contributed by atoms with Gasteiger partial charge in [-0.25, -0.2) is 4.79 Å². The summed E-state index contributed by atoms with van der Waals surface area (Å²) in [6, 6.07) is 35.0. The van der Waals surface area contributed by atoms with Gasteiger partial charge in [0.05, 0.1) is 27.9 Å². The van der Waals surface area contributed by atoms with Crippen molar-refractivity contribution in [3.8, 4) is 11.5 Å². The average molecular weight is 624 g/mol. The lowest BCUT2D eigenvalue weighted by atomic mass is 9.88. The molecule has 8 nitrogen and oxygen atoms in total. The second-order valence-electron chi connectivity index (χ2n) is 11.1. The van der Waals surface area contributed by atoms with E-state index < -0.39 is 6.09 Å². The van der Waals surface area contributed by atoms with Crippen LogP contribution in [0.4, 0.5) is 4.79 Å². The molecule has 2 amide bonds. The van der Waals surface area contributed by atoms with Crippen LogP contribution in [0.1, 0.15) is 40.2 Å². The first-order valence-electron chi connectivity index (χ1n) is 15.7. The molecular formula is C38H45N3O5. The number of alkyl carbamates (subject to hydrolysis) is 1. The number of hydrogen-bond acceptors (Lipinski definition) is 6. The normalized spacial score (nSPS) is 12.3. The molecule has 5 rings (SSSR count). The van der Waals surface area contributed by atoms with E-state index in [4.69, 9.17) is 9.47 Å². The summed E-state index contributed by atoms with van der Waals surface area (Å²) in [5.41, 5.74) is 6.32. The number of fused-ring (bicyclic) bond motifs is 1. The van der Waals surface area contributed by atoms with Crippen molar-refractivity contribution in [2.24, 2.45) is 0 Å². The van der Waals surface area contributed by atoms with E-state index in [0.29, 0.717) is 19.6 Å². The Morgan fingerprint density at radius 1 is 0.739 bits per heavy atom. The molecular weight excluding hydrogens is 578 g/mol. The van der Waals surface area contributed by atoms with Gasteiger partial charge in [-0.05, 0) is 71.3 Å². The Bertz CT molecular complexity index is 1460. The Kier molecular flexibility index (Phi) is 13.5. The van der Waals surface area contributed by atoms with Gasteiger partial charge in [0.15, 0.2) is 0 Å². The zero-order valence-electron chi connectivity index (χ0n) is 27.0. The molecule has 1 heterocycles. The number of rotatable bonds is 12. The summed E-state index contributed by atoms with van der Waals surface area (Å²) < 4.78 is 14.8. The predicted octanol–water partition coefficient (Wildman–Crippen LogP) is 5.99. The molecule has 1 aliphatic heterocycles. The number of carbonyl (C=O) groups excluding carboxylic acids is 2. The SMILES string of the molecule is COC(=O)NCCc1ccc(OC)cc1.COc1ccc2c(c1)CN(CC(=O)NCCC(c1ccccc1)c1ccccc1)CC2. The van der Waals surface area contributed by atoms with Gasteiger partial charge in [-0.15, -0.1) is 0 Å². The summed E-state index contributed by atoms with van der Waals surface area (Å²) in [6.07, 6.45) is 2.22. The van der Waals surface area contributed by atoms with E-state index in [2.05, 4.69) is 80.9 Å².